The van der Waals surface area contributed by atoms with Gasteiger partial charge >= 0.3 is 11.9 Å². The Bertz CT molecular complexity index is 509. The molecule has 1 aromatic heterocycles. The van der Waals surface area contributed by atoms with Gasteiger partial charge in [0.2, 0.25) is 0 Å². The minimum atomic E-state index is -4.69. The zero-order valence-electron chi connectivity index (χ0n) is 11.2. The molecule has 0 amide bonds. The molecule has 0 aliphatic rings. The normalized spacial score (nSPS) is 14.6. The van der Waals surface area contributed by atoms with Crippen molar-refractivity contribution in [3.63, 3.8) is 0 Å². The van der Waals surface area contributed by atoms with Gasteiger partial charge in [-0.1, -0.05) is 0 Å². The van der Waals surface area contributed by atoms with Gasteiger partial charge in [-0.2, -0.15) is 24.9 Å². The van der Waals surface area contributed by atoms with Gasteiger partial charge in [0.05, 0.1) is 11.5 Å². The van der Waals surface area contributed by atoms with Crippen LogP contribution in [0.1, 0.15) is 12.6 Å². The molecule has 2 unspecified atom stereocenters. The molecule has 2 N–H and O–H groups in total. The van der Waals surface area contributed by atoms with Crippen LogP contribution in [-0.2, 0) is 6.18 Å². The Morgan fingerprint density at radius 3 is 2.62 bits per heavy atom. The number of rotatable bonds is 6. The summed E-state index contributed by atoms with van der Waals surface area (Å²) < 4.78 is 37.9. The van der Waals surface area contributed by atoms with E-state index in [1.54, 1.807) is 13.2 Å². The third-order valence-electron chi connectivity index (χ3n) is 2.79. The molecule has 21 heavy (non-hydrogen) atoms. The lowest BCUT2D eigenvalue weighted by molar-refractivity contribution is -0.384. The van der Waals surface area contributed by atoms with Crippen LogP contribution >= 0.6 is 11.8 Å². The second-order valence-corrected chi connectivity index (χ2v) is 5.31. The van der Waals surface area contributed by atoms with E-state index in [2.05, 4.69) is 10.3 Å². The number of nitrogens with zero attached hydrogens (tertiary/aromatic N) is 2. The average molecular weight is 325 g/mol. The largest absolute Gasteiger partial charge is 0.433 e. The van der Waals surface area contributed by atoms with Gasteiger partial charge in [0, 0.05) is 11.3 Å². The van der Waals surface area contributed by atoms with Gasteiger partial charge in [-0.15, -0.1) is 0 Å². The highest BCUT2D eigenvalue weighted by atomic mass is 32.2. The van der Waals surface area contributed by atoms with E-state index >= 15 is 0 Å². The fourth-order valence-corrected chi connectivity index (χ4v) is 2.26. The van der Waals surface area contributed by atoms with Gasteiger partial charge in [0.1, 0.15) is 17.6 Å². The van der Waals surface area contributed by atoms with Crippen molar-refractivity contribution < 1.29 is 23.2 Å². The Morgan fingerprint density at radius 2 is 2.19 bits per heavy atom. The number of hydrogen-bond donors (Lipinski definition) is 2. The van der Waals surface area contributed by atoms with Gasteiger partial charge in [-0.05, 0) is 19.2 Å². The van der Waals surface area contributed by atoms with Crippen molar-refractivity contribution in [2.75, 3.05) is 18.2 Å². The number of aliphatic hydroxyl groups excluding tert-OH is 1. The summed E-state index contributed by atoms with van der Waals surface area (Å²) in [5, 5.41) is 22.3. The topological polar surface area (TPSA) is 88.3 Å². The highest BCUT2D eigenvalue weighted by molar-refractivity contribution is 7.99. The molecule has 6 nitrogen and oxygen atoms in total. The van der Waals surface area contributed by atoms with E-state index in [-0.39, 0.29) is 17.5 Å². The number of nitro groups is 1. The number of pyridine rings is 1. The smallest absolute Gasteiger partial charge is 0.395 e. The van der Waals surface area contributed by atoms with Crippen LogP contribution in [0.2, 0.25) is 0 Å². The maximum atomic E-state index is 12.6. The zero-order valence-corrected chi connectivity index (χ0v) is 12.0. The monoisotopic (exact) mass is 325 g/mol. The van der Waals surface area contributed by atoms with Crippen molar-refractivity contribution in [3.05, 3.63) is 28.1 Å². The van der Waals surface area contributed by atoms with Crippen LogP contribution < -0.4 is 5.32 Å². The summed E-state index contributed by atoms with van der Waals surface area (Å²) in [6.45, 7) is 1.41. The minimum Gasteiger partial charge on any atom is -0.395 e. The van der Waals surface area contributed by atoms with Crippen molar-refractivity contribution in [3.8, 4) is 0 Å². The fraction of sp³-hybridized carbons (Fsp3) is 0.545. The van der Waals surface area contributed by atoms with Crippen LogP contribution in [0.15, 0.2) is 12.3 Å². The molecule has 10 heteroatoms. The number of aromatic nitrogens is 1. The van der Waals surface area contributed by atoms with Crippen LogP contribution in [0, 0.1) is 10.1 Å². The van der Waals surface area contributed by atoms with Gasteiger partial charge in [-0.25, -0.2) is 4.98 Å². The SMILES string of the molecule is CSC(CO)C(C)Nc1cc(C(F)(F)F)ncc1[N+](=O)[O-]. The molecule has 0 aromatic carbocycles. The first-order valence-corrected chi connectivity index (χ1v) is 7.11. The number of hydrogen-bond acceptors (Lipinski definition) is 6. The van der Waals surface area contributed by atoms with Crippen LogP contribution in [0.4, 0.5) is 24.5 Å². The molecule has 0 aliphatic heterocycles. The van der Waals surface area contributed by atoms with Gasteiger partial charge < -0.3 is 10.4 Å². The maximum Gasteiger partial charge on any atom is 0.433 e. The summed E-state index contributed by atoms with van der Waals surface area (Å²) in [7, 11) is 0. The molecular formula is C11H14F3N3O3S. The Morgan fingerprint density at radius 1 is 1.57 bits per heavy atom. The lowest BCUT2D eigenvalue weighted by Gasteiger charge is -2.22. The van der Waals surface area contributed by atoms with E-state index in [1.165, 1.54) is 11.8 Å². The molecule has 0 spiro atoms. The van der Waals surface area contributed by atoms with Crippen molar-refractivity contribution in [2.24, 2.45) is 0 Å². The maximum absolute atomic E-state index is 12.6. The third-order valence-corrected chi connectivity index (χ3v) is 3.96. The Balaban J connectivity index is 3.15. The predicted molar refractivity (Wildman–Crippen MR) is 73.4 cm³/mol. The molecule has 0 saturated carbocycles. The number of alkyl halides is 3. The first-order chi connectivity index (χ1) is 9.70. The number of thioether (sulfide) groups is 1. The van der Waals surface area contributed by atoms with Crippen LogP contribution in [0.5, 0.6) is 0 Å². The molecule has 118 valence electrons. The van der Waals surface area contributed by atoms with Crippen molar-refractivity contribution >= 4 is 23.1 Å². The lowest BCUT2D eigenvalue weighted by atomic mass is 10.2. The first kappa shape index (κ1) is 17.5. The van der Waals surface area contributed by atoms with E-state index in [4.69, 9.17) is 5.11 Å². The highest BCUT2D eigenvalue weighted by Gasteiger charge is 2.34. The zero-order chi connectivity index (χ0) is 16.2. The molecule has 2 atom stereocenters. The summed E-state index contributed by atoms with van der Waals surface area (Å²) >= 11 is 1.30. The number of nitrogens with one attached hydrogen (secondary N) is 1. The second-order valence-electron chi connectivity index (χ2n) is 4.23. The standard InChI is InChI=1S/C11H14F3N3O3S/c1-6(9(5-18)21-2)16-7-3-10(11(12,13)14)15-4-8(7)17(19)20/h3-4,6,9,18H,5H2,1-2H3,(H,15,16). The van der Waals surface area contributed by atoms with Crippen LogP contribution in [-0.4, -0.2) is 39.2 Å². The van der Waals surface area contributed by atoms with Crippen LogP contribution in [0.3, 0.4) is 0 Å². The highest BCUT2D eigenvalue weighted by Crippen LogP contribution is 2.33. The molecule has 1 rings (SSSR count). The van der Waals surface area contributed by atoms with Crippen molar-refractivity contribution in [1.82, 2.24) is 4.98 Å². The minimum absolute atomic E-state index is 0.208. The average Bonchev–Trinajstić information content (AvgIpc) is 2.38. The summed E-state index contributed by atoms with van der Waals surface area (Å²) in [6.07, 6.45) is -2.39. The Labute approximate surface area is 122 Å². The van der Waals surface area contributed by atoms with E-state index in [0.717, 1.165) is 0 Å². The van der Waals surface area contributed by atoms with Gasteiger partial charge in [0.15, 0.2) is 0 Å². The van der Waals surface area contributed by atoms with E-state index in [9.17, 15) is 23.3 Å². The second kappa shape index (κ2) is 6.94. The van der Waals surface area contributed by atoms with E-state index in [0.29, 0.717) is 12.3 Å². The molecule has 0 bridgehead atoms. The third kappa shape index (κ3) is 4.46. The quantitative estimate of drug-likeness (QED) is 0.617. The molecule has 0 saturated heterocycles. The lowest BCUT2D eigenvalue weighted by Crippen LogP contribution is -2.31. The molecule has 1 aromatic rings. The number of aliphatic hydroxyl groups is 1. The van der Waals surface area contributed by atoms with E-state index < -0.39 is 28.5 Å². The summed E-state index contributed by atoms with van der Waals surface area (Å²) in [6, 6.07) is 0.135. The van der Waals surface area contributed by atoms with Gasteiger partial charge in [0.25, 0.3) is 0 Å². The molecule has 0 aliphatic carbocycles. The molecular weight excluding hydrogens is 311 g/mol. The number of anilines is 1. The first-order valence-electron chi connectivity index (χ1n) is 5.82. The predicted octanol–water partition coefficient (Wildman–Crippen LogP) is 2.53. The summed E-state index contributed by atoms with van der Waals surface area (Å²) in [4.78, 5) is 13.1. The molecule has 0 radical (unpaired) electrons. The van der Waals surface area contributed by atoms with Crippen molar-refractivity contribution in [1.29, 1.82) is 0 Å². The Hall–Kier alpha value is -1.55. The van der Waals surface area contributed by atoms with Gasteiger partial charge in [-0.3, -0.25) is 10.1 Å². The molecule has 0 fully saturated rings. The fourth-order valence-electron chi connectivity index (χ4n) is 1.64. The Kier molecular flexibility index (Phi) is 5.78. The van der Waals surface area contributed by atoms with Crippen LogP contribution in [0.25, 0.3) is 0 Å². The van der Waals surface area contributed by atoms with Crippen molar-refractivity contribution in [2.45, 2.75) is 24.4 Å². The van der Waals surface area contributed by atoms with E-state index in [1.807, 2.05) is 0 Å². The number of halogens is 3. The summed E-state index contributed by atoms with van der Waals surface area (Å²) in [5.74, 6) is 0. The summed E-state index contributed by atoms with van der Waals surface area (Å²) in [5.41, 5.74) is -2.04. The molecule has 1 heterocycles.